The lowest BCUT2D eigenvalue weighted by molar-refractivity contribution is -0.139. The normalized spacial score (nSPS) is 12.5. The van der Waals surface area contributed by atoms with E-state index < -0.39 is 17.9 Å². The van der Waals surface area contributed by atoms with E-state index in [-0.39, 0.29) is 5.92 Å². The molecule has 1 amide bonds. The van der Waals surface area contributed by atoms with Crippen molar-refractivity contribution in [3.8, 4) is 0 Å². The molecule has 0 aliphatic rings. The van der Waals surface area contributed by atoms with Crippen LogP contribution >= 0.6 is 0 Å². The van der Waals surface area contributed by atoms with E-state index in [1.807, 2.05) is 13.8 Å². The highest BCUT2D eigenvalue weighted by Gasteiger charge is 2.23. The molecular formula is C12H19N3O3. The Bertz CT molecular complexity index is 451. The molecule has 1 unspecified atom stereocenters. The fourth-order valence-electron chi connectivity index (χ4n) is 1.75. The number of carbonyl (C=O) groups excluding carboxylic acids is 1. The molecule has 18 heavy (non-hydrogen) atoms. The molecule has 0 aliphatic carbocycles. The van der Waals surface area contributed by atoms with Crippen LogP contribution in [0, 0.1) is 12.8 Å². The molecule has 6 nitrogen and oxygen atoms in total. The van der Waals surface area contributed by atoms with Crippen LogP contribution in [0.5, 0.6) is 0 Å². The minimum Gasteiger partial charge on any atom is -0.480 e. The standard InChI is InChI=1S/C12H19N3O3/c1-7(2)5-10(12(17)18)13-11(16)9-6-15(4)14-8(9)3/h6-7,10H,5H2,1-4H3,(H,13,16)(H,17,18). The molecule has 1 rings (SSSR count). The van der Waals surface area contributed by atoms with Crippen LogP contribution in [-0.2, 0) is 11.8 Å². The Morgan fingerprint density at radius 2 is 2.11 bits per heavy atom. The van der Waals surface area contributed by atoms with Crippen LogP contribution < -0.4 is 5.32 Å². The summed E-state index contributed by atoms with van der Waals surface area (Å²) < 4.78 is 1.53. The molecule has 0 radical (unpaired) electrons. The van der Waals surface area contributed by atoms with E-state index in [0.717, 1.165) is 0 Å². The maximum absolute atomic E-state index is 11.9. The van der Waals surface area contributed by atoms with E-state index in [9.17, 15) is 9.59 Å². The summed E-state index contributed by atoms with van der Waals surface area (Å²) >= 11 is 0. The predicted octanol–water partition coefficient (Wildman–Crippen LogP) is 0.958. The van der Waals surface area contributed by atoms with E-state index in [1.54, 1.807) is 20.2 Å². The Kier molecular flexibility index (Phi) is 4.47. The quantitative estimate of drug-likeness (QED) is 0.818. The number of aliphatic carboxylic acids is 1. The van der Waals surface area contributed by atoms with Crippen molar-refractivity contribution in [2.75, 3.05) is 0 Å². The maximum atomic E-state index is 11.9. The van der Waals surface area contributed by atoms with E-state index in [1.165, 1.54) is 4.68 Å². The summed E-state index contributed by atoms with van der Waals surface area (Å²) in [7, 11) is 1.71. The number of carboxylic acid groups (broad SMARTS) is 1. The molecule has 0 fully saturated rings. The molecule has 1 aromatic rings. The van der Waals surface area contributed by atoms with Crippen LogP contribution in [0.15, 0.2) is 6.20 Å². The summed E-state index contributed by atoms with van der Waals surface area (Å²) in [5.74, 6) is -1.21. The van der Waals surface area contributed by atoms with Gasteiger partial charge in [-0.25, -0.2) is 4.79 Å². The van der Waals surface area contributed by atoms with Crippen molar-refractivity contribution >= 4 is 11.9 Å². The van der Waals surface area contributed by atoms with E-state index >= 15 is 0 Å². The van der Waals surface area contributed by atoms with E-state index in [4.69, 9.17) is 5.11 Å². The molecule has 1 atom stereocenters. The molecule has 0 bridgehead atoms. The predicted molar refractivity (Wildman–Crippen MR) is 66.3 cm³/mol. The highest BCUT2D eigenvalue weighted by Crippen LogP contribution is 2.08. The molecule has 0 aromatic carbocycles. The molecule has 0 aliphatic heterocycles. The summed E-state index contributed by atoms with van der Waals surface area (Å²) in [5, 5.41) is 15.6. The van der Waals surface area contributed by atoms with Gasteiger partial charge in [-0.2, -0.15) is 5.10 Å². The van der Waals surface area contributed by atoms with Crippen molar-refractivity contribution in [3.05, 3.63) is 17.5 Å². The van der Waals surface area contributed by atoms with Crippen molar-refractivity contribution in [3.63, 3.8) is 0 Å². The van der Waals surface area contributed by atoms with Gasteiger partial charge in [-0.1, -0.05) is 13.8 Å². The number of nitrogens with zero attached hydrogens (tertiary/aromatic N) is 2. The molecule has 6 heteroatoms. The Balaban J connectivity index is 2.78. The lowest BCUT2D eigenvalue weighted by Gasteiger charge is -2.16. The van der Waals surface area contributed by atoms with Crippen LogP contribution in [0.3, 0.4) is 0 Å². The monoisotopic (exact) mass is 253 g/mol. The Morgan fingerprint density at radius 1 is 1.50 bits per heavy atom. The Labute approximate surface area is 106 Å². The summed E-state index contributed by atoms with van der Waals surface area (Å²) in [6.45, 7) is 5.54. The summed E-state index contributed by atoms with van der Waals surface area (Å²) in [4.78, 5) is 23.0. The lowest BCUT2D eigenvalue weighted by Crippen LogP contribution is -2.41. The summed E-state index contributed by atoms with van der Waals surface area (Å²) in [5.41, 5.74) is 0.996. The van der Waals surface area contributed by atoms with Gasteiger partial charge in [0.05, 0.1) is 11.3 Å². The molecule has 0 saturated heterocycles. The maximum Gasteiger partial charge on any atom is 0.326 e. The van der Waals surface area contributed by atoms with Crippen molar-refractivity contribution in [1.29, 1.82) is 0 Å². The number of aromatic nitrogens is 2. The first-order chi connectivity index (χ1) is 8.31. The number of carbonyl (C=O) groups is 2. The molecule has 100 valence electrons. The number of nitrogens with one attached hydrogen (secondary N) is 1. The van der Waals surface area contributed by atoms with Crippen molar-refractivity contribution < 1.29 is 14.7 Å². The largest absolute Gasteiger partial charge is 0.480 e. The second-order valence-electron chi connectivity index (χ2n) is 4.80. The van der Waals surface area contributed by atoms with Crippen LogP contribution in [0.4, 0.5) is 0 Å². The van der Waals surface area contributed by atoms with E-state index in [2.05, 4.69) is 10.4 Å². The van der Waals surface area contributed by atoms with Crippen LogP contribution in [-0.4, -0.2) is 32.8 Å². The third-order valence-electron chi connectivity index (χ3n) is 2.57. The van der Waals surface area contributed by atoms with Gasteiger partial charge in [0.15, 0.2) is 0 Å². The average molecular weight is 253 g/mol. The lowest BCUT2D eigenvalue weighted by atomic mass is 10.0. The number of hydrogen-bond donors (Lipinski definition) is 2. The minimum absolute atomic E-state index is 0.196. The summed E-state index contributed by atoms with van der Waals surface area (Å²) in [6, 6.07) is -0.864. The van der Waals surface area contributed by atoms with Gasteiger partial charge in [0.25, 0.3) is 5.91 Å². The van der Waals surface area contributed by atoms with Crippen LogP contribution in [0.25, 0.3) is 0 Å². The molecular weight excluding hydrogens is 234 g/mol. The first-order valence-corrected chi connectivity index (χ1v) is 5.85. The number of rotatable bonds is 5. The zero-order chi connectivity index (χ0) is 13.9. The van der Waals surface area contributed by atoms with Crippen LogP contribution in [0.1, 0.15) is 36.3 Å². The number of hydrogen-bond acceptors (Lipinski definition) is 3. The van der Waals surface area contributed by atoms with Gasteiger partial charge in [0, 0.05) is 13.2 Å². The third kappa shape index (κ3) is 3.58. The Hall–Kier alpha value is -1.85. The van der Waals surface area contributed by atoms with Crippen molar-refractivity contribution in [1.82, 2.24) is 15.1 Å². The highest BCUT2D eigenvalue weighted by molar-refractivity contribution is 5.97. The van der Waals surface area contributed by atoms with Gasteiger partial charge in [0.2, 0.25) is 0 Å². The zero-order valence-corrected chi connectivity index (χ0v) is 11.1. The van der Waals surface area contributed by atoms with Crippen molar-refractivity contribution in [2.45, 2.75) is 33.2 Å². The second-order valence-corrected chi connectivity index (χ2v) is 4.80. The van der Waals surface area contributed by atoms with Gasteiger partial charge in [-0.05, 0) is 19.3 Å². The number of aryl methyl sites for hydroxylation is 2. The molecule has 1 heterocycles. The number of carboxylic acids is 1. The van der Waals surface area contributed by atoms with Gasteiger partial charge in [0.1, 0.15) is 6.04 Å². The smallest absolute Gasteiger partial charge is 0.326 e. The van der Waals surface area contributed by atoms with Gasteiger partial charge in [-0.3, -0.25) is 9.48 Å². The fraction of sp³-hybridized carbons (Fsp3) is 0.583. The first kappa shape index (κ1) is 14.2. The van der Waals surface area contributed by atoms with Crippen molar-refractivity contribution in [2.24, 2.45) is 13.0 Å². The first-order valence-electron chi connectivity index (χ1n) is 5.85. The molecule has 0 spiro atoms. The molecule has 1 aromatic heterocycles. The van der Waals surface area contributed by atoms with Gasteiger partial charge >= 0.3 is 5.97 Å². The van der Waals surface area contributed by atoms with Crippen LogP contribution in [0.2, 0.25) is 0 Å². The number of amides is 1. The van der Waals surface area contributed by atoms with Gasteiger partial charge < -0.3 is 10.4 Å². The fourth-order valence-corrected chi connectivity index (χ4v) is 1.75. The SMILES string of the molecule is Cc1nn(C)cc1C(=O)NC(CC(C)C)C(=O)O. The zero-order valence-electron chi connectivity index (χ0n) is 11.1. The highest BCUT2D eigenvalue weighted by atomic mass is 16.4. The second kappa shape index (κ2) is 5.66. The van der Waals surface area contributed by atoms with E-state index in [0.29, 0.717) is 17.7 Å². The van der Waals surface area contributed by atoms with Gasteiger partial charge in [-0.15, -0.1) is 0 Å². The molecule has 0 saturated carbocycles. The third-order valence-corrected chi connectivity index (χ3v) is 2.57. The average Bonchev–Trinajstić information content (AvgIpc) is 2.56. The molecule has 2 N–H and O–H groups in total. The Morgan fingerprint density at radius 3 is 2.50 bits per heavy atom. The minimum atomic E-state index is -1.02. The summed E-state index contributed by atoms with van der Waals surface area (Å²) in [6.07, 6.45) is 1.99. The topological polar surface area (TPSA) is 84.2 Å².